The Kier molecular flexibility index (Phi) is 2.95. The van der Waals surface area contributed by atoms with Gasteiger partial charge in [0.15, 0.2) is 9.84 Å². The summed E-state index contributed by atoms with van der Waals surface area (Å²) in [6, 6.07) is 0.222. The zero-order chi connectivity index (χ0) is 10.1. The van der Waals surface area contributed by atoms with Crippen LogP contribution in [0.1, 0.15) is 19.8 Å². The van der Waals surface area contributed by atoms with Gasteiger partial charge in [-0.05, 0) is 12.3 Å². The van der Waals surface area contributed by atoms with E-state index in [1.807, 2.05) is 0 Å². The molecule has 0 aromatic carbocycles. The fourth-order valence-electron chi connectivity index (χ4n) is 1.36. The van der Waals surface area contributed by atoms with Crippen molar-refractivity contribution in [3.05, 3.63) is 0 Å². The van der Waals surface area contributed by atoms with Gasteiger partial charge in [0.2, 0.25) is 5.91 Å². The van der Waals surface area contributed by atoms with Gasteiger partial charge in [-0.3, -0.25) is 4.79 Å². The molecular formula is C8H15NO3S. The van der Waals surface area contributed by atoms with Crippen LogP contribution in [0.25, 0.3) is 0 Å². The van der Waals surface area contributed by atoms with Gasteiger partial charge in [0, 0.05) is 12.3 Å². The molecule has 76 valence electrons. The van der Waals surface area contributed by atoms with E-state index >= 15 is 0 Å². The molecule has 0 heterocycles. The van der Waals surface area contributed by atoms with Crippen LogP contribution in [0.15, 0.2) is 0 Å². The molecule has 1 aliphatic rings. The summed E-state index contributed by atoms with van der Waals surface area (Å²) < 4.78 is 21.5. The zero-order valence-electron chi connectivity index (χ0n) is 7.91. The molecule has 2 atom stereocenters. The summed E-state index contributed by atoms with van der Waals surface area (Å²) in [7, 11) is -3.18. The van der Waals surface area contributed by atoms with Crippen LogP contribution in [0.4, 0.5) is 0 Å². The predicted molar refractivity (Wildman–Crippen MR) is 50.0 cm³/mol. The topological polar surface area (TPSA) is 63.2 Å². The van der Waals surface area contributed by atoms with Crippen molar-refractivity contribution >= 4 is 15.7 Å². The molecule has 0 aliphatic heterocycles. The molecule has 0 radical (unpaired) electrons. The molecule has 1 saturated carbocycles. The molecular weight excluding hydrogens is 190 g/mol. The van der Waals surface area contributed by atoms with E-state index in [-0.39, 0.29) is 17.7 Å². The van der Waals surface area contributed by atoms with Crippen molar-refractivity contribution in [3.8, 4) is 0 Å². The van der Waals surface area contributed by atoms with Crippen molar-refractivity contribution in [2.45, 2.75) is 25.8 Å². The maximum absolute atomic E-state index is 11.1. The minimum atomic E-state index is -3.18. The normalized spacial score (nSPS) is 26.9. The van der Waals surface area contributed by atoms with Gasteiger partial charge in [0.1, 0.15) is 5.75 Å². The van der Waals surface area contributed by atoms with Gasteiger partial charge in [0.05, 0.1) is 0 Å². The Morgan fingerprint density at radius 2 is 2.15 bits per heavy atom. The monoisotopic (exact) mass is 205 g/mol. The van der Waals surface area contributed by atoms with Crippen LogP contribution < -0.4 is 5.32 Å². The molecule has 4 nitrogen and oxygen atoms in total. The van der Waals surface area contributed by atoms with Crippen LogP contribution in [0.5, 0.6) is 0 Å². The third-order valence-corrected chi connectivity index (χ3v) is 2.97. The van der Waals surface area contributed by atoms with Gasteiger partial charge in [-0.1, -0.05) is 13.3 Å². The highest BCUT2D eigenvalue weighted by Gasteiger charge is 2.36. The number of nitrogens with one attached hydrogen (secondary N) is 1. The van der Waals surface area contributed by atoms with Crippen LogP contribution in [-0.2, 0) is 14.6 Å². The van der Waals surface area contributed by atoms with E-state index < -0.39 is 9.84 Å². The SMILES string of the molecule is CC[C@@H]1C[C@H]1NC(=O)CS(C)(=O)=O. The summed E-state index contributed by atoms with van der Waals surface area (Å²) in [5.41, 5.74) is 0. The van der Waals surface area contributed by atoms with Crippen molar-refractivity contribution in [2.75, 3.05) is 12.0 Å². The lowest BCUT2D eigenvalue weighted by molar-refractivity contribution is -0.118. The van der Waals surface area contributed by atoms with Gasteiger partial charge in [-0.2, -0.15) is 0 Å². The Morgan fingerprint density at radius 1 is 1.54 bits per heavy atom. The van der Waals surface area contributed by atoms with E-state index in [1.165, 1.54) is 0 Å². The van der Waals surface area contributed by atoms with E-state index in [9.17, 15) is 13.2 Å². The summed E-state index contributed by atoms with van der Waals surface area (Å²) in [5.74, 6) is -0.202. The van der Waals surface area contributed by atoms with Gasteiger partial charge in [-0.25, -0.2) is 8.42 Å². The maximum atomic E-state index is 11.1. The molecule has 1 amide bonds. The average molecular weight is 205 g/mol. The molecule has 13 heavy (non-hydrogen) atoms. The molecule has 1 fully saturated rings. The molecule has 0 bridgehead atoms. The van der Waals surface area contributed by atoms with Crippen LogP contribution in [0.3, 0.4) is 0 Å². The van der Waals surface area contributed by atoms with Crippen LogP contribution in [0, 0.1) is 5.92 Å². The van der Waals surface area contributed by atoms with Gasteiger partial charge in [-0.15, -0.1) is 0 Å². The molecule has 5 heteroatoms. The summed E-state index contributed by atoms with van der Waals surface area (Å²) in [5, 5.41) is 2.69. The van der Waals surface area contributed by atoms with E-state index in [4.69, 9.17) is 0 Å². The fourth-order valence-corrected chi connectivity index (χ4v) is 1.92. The Morgan fingerprint density at radius 3 is 2.54 bits per heavy atom. The first-order chi connectivity index (χ1) is 5.92. The smallest absolute Gasteiger partial charge is 0.235 e. The lowest BCUT2D eigenvalue weighted by Gasteiger charge is -2.01. The molecule has 0 saturated heterocycles. The number of rotatable bonds is 4. The lowest BCUT2D eigenvalue weighted by Crippen LogP contribution is -2.32. The zero-order valence-corrected chi connectivity index (χ0v) is 8.73. The Hall–Kier alpha value is -0.580. The van der Waals surface area contributed by atoms with Crippen molar-refractivity contribution in [1.29, 1.82) is 0 Å². The first-order valence-electron chi connectivity index (χ1n) is 4.39. The maximum Gasteiger partial charge on any atom is 0.235 e. The number of amides is 1. The molecule has 1 aliphatic carbocycles. The molecule has 0 spiro atoms. The highest BCUT2D eigenvalue weighted by molar-refractivity contribution is 7.91. The number of sulfone groups is 1. The molecule has 0 unspecified atom stereocenters. The number of carbonyl (C=O) groups excluding carboxylic acids is 1. The Bertz CT molecular complexity index is 297. The van der Waals surface area contributed by atoms with Crippen molar-refractivity contribution in [1.82, 2.24) is 5.32 Å². The minimum Gasteiger partial charge on any atom is -0.352 e. The second-order valence-corrected chi connectivity index (χ2v) is 5.79. The number of hydrogen-bond donors (Lipinski definition) is 1. The lowest BCUT2D eigenvalue weighted by atomic mass is 10.3. The van der Waals surface area contributed by atoms with E-state index in [0.29, 0.717) is 5.92 Å². The van der Waals surface area contributed by atoms with E-state index in [2.05, 4.69) is 12.2 Å². The number of hydrogen-bond acceptors (Lipinski definition) is 3. The van der Waals surface area contributed by atoms with Crippen LogP contribution in [-0.4, -0.2) is 32.4 Å². The summed E-state index contributed by atoms with van der Waals surface area (Å²) in [6.07, 6.45) is 3.10. The van der Waals surface area contributed by atoms with Crippen LogP contribution >= 0.6 is 0 Å². The summed E-state index contributed by atoms with van der Waals surface area (Å²) in [6.45, 7) is 2.06. The quantitative estimate of drug-likeness (QED) is 0.699. The second kappa shape index (κ2) is 3.65. The summed E-state index contributed by atoms with van der Waals surface area (Å²) in [4.78, 5) is 11.1. The predicted octanol–water partition coefficient (Wildman–Crippen LogP) is -0.0543. The fraction of sp³-hybridized carbons (Fsp3) is 0.875. The molecule has 0 aromatic rings. The van der Waals surface area contributed by atoms with E-state index in [0.717, 1.165) is 19.1 Å². The molecule has 0 aromatic heterocycles. The molecule has 1 rings (SSSR count). The van der Waals surface area contributed by atoms with Crippen molar-refractivity contribution in [3.63, 3.8) is 0 Å². The van der Waals surface area contributed by atoms with Crippen molar-refractivity contribution in [2.24, 2.45) is 5.92 Å². The first kappa shape index (κ1) is 10.5. The largest absolute Gasteiger partial charge is 0.352 e. The third kappa shape index (κ3) is 3.76. The van der Waals surface area contributed by atoms with Crippen LogP contribution in [0.2, 0.25) is 0 Å². The Balaban J connectivity index is 2.28. The summed E-state index contributed by atoms with van der Waals surface area (Å²) >= 11 is 0. The van der Waals surface area contributed by atoms with Gasteiger partial charge in [0.25, 0.3) is 0 Å². The van der Waals surface area contributed by atoms with Gasteiger partial charge < -0.3 is 5.32 Å². The average Bonchev–Trinajstić information content (AvgIpc) is 2.62. The third-order valence-electron chi connectivity index (χ3n) is 2.19. The first-order valence-corrected chi connectivity index (χ1v) is 6.45. The highest BCUT2D eigenvalue weighted by Crippen LogP contribution is 2.32. The van der Waals surface area contributed by atoms with Gasteiger partial charge >= 0.3 is 0 Å². The standard InChI is InChI=1S/C8H15NO3S/c1-3-6-4-7(6)9-8(10)5-13(2,11)12/h6-7H,3-5H2,1-2H3,(H,9,10)/t6-,7-/m1/s1. The van der Waals surface area contributed by atoms with E-state index in [1.54, 1.807) is 0 Å². The Labute approximate surface area is 78.6 Å². The number of carbonyl (C=O) groups is 1. The highest BCUT2D eigenvalue weighted by atomic mass is 32.2. The molecule has 1 N–H and O–H groups in total. The second-order valence-electron chi connectivity index (χ2n) is 3.65. The minimum absolute atomic E-state index is 0.222. The van der Waals surface area contributed by atoms with Crippen molar-refractivity contribution < 1.29 is 13.2 Å².